The Bertz CT molecular complexity index is 694. The molecule has 0 saturated heterocycles. The molecular formula is C10H12N8. The number of hydrogen-bond donors (Lipinski definition) is 2. The van der Waals surface area contributed by atoms with Crippen molar-refractivity contribution in [1.29, 1.82) is 0 Å². The molecule has 0 bridgehead atoms. The molecule has 0 aromatic carbocycles. The van der Waals surface area contributed by atoms with Crippen LogP contribution in [-0.2, 0) is 7.05 Å². The maximum Gasteiger partial charge on any atom is 0.209 e. The number of aryl methyl sites for hydroxylation is 2. The quantitative estimate of drug-likeness (QED) is 0.621. The monoisotopic (exact) mass is 244 g/mol. The molecule has 3 heterocycles. The first-order valence-electron chi connectivity index (χ1n) is 5.33. The summed E-state index contributed by atoms with van der Waals surface area (Å²) in [6.07, 6.45) is 1.43. The van der Waals surface area contributed by atoms with E-state index in [9.17, 15) is 0 Å². The van der Waals surface area contributed by atoms with Crippen molar-refractivity contribution in [1.82, 2.24) is 29.3 Å². The van der Waals surface area contributed by atoms with E-state index in [4.69, 9.17) is 11.5 Å². The molecule has 0 fully saturated rings. The van der Waals surface area contributed by atoms with E-state index >= 15 is 0 Å². The Balaban J connectivity index is 2.36. The van der Waals surface area contributed by atoms with Crippen molar-refractivity contribution in [2.24, 2.45) is 7.05 Å². The van der Waals surface area contributed by atoms with Gasteiger partial charge >= 0.3 is 0 Å². The van der Waals surface area contributed by atoms with E-state index < -0.39 is 0 Å². The second-order valence-corrected chi connectivity index (χ2v) is 4.00. The number of hydrogen-bond acceptors (Lipinski definition) is 6. The van der Waals surface area contributed by atoms with Gasteiger partial charge in [-0.2, -0.15) is 10.1 Å². The molecule has 3 rings (SSSR count). The van der Waals surface area contributed by atoms with E-state index in [0.717, 1.165) is 11.5 Å². The Hall–Kier alpha value is -2.64. The van der Waals surface area contributed by atoms with Gasteiger partial charge in [0.1, 0.15) is 12.1 Å². The smallest absolute Gasteiger partial charge is 0.209 e. The van der Waals surface area contributed by atoms with Crippen molar-refractivity contribution in [3.05, 3.63) is 18.1 Å². The third-order valence-electron chi connectivity index (χ3n) is 2.70. The van der Waals surface area contributed by atoms with E-state index in [1.807, 2.05) is 20.0 Å². The van der Waals surface area contributed by atoms with Crippen LogP contribution in [0, 0.1) is 6.92 Å². The van der Waals surface area contributed by atoms with Crippen molar-refractivity contribution < 1.29 is 0 Å². The zero-order valence-electron chi connectivity index (χ0n) is 9.99. The van der Waals surface area contributed by atoms with Crippen LogP contribution in [0.2, 0.25) is 0 Å². The van der Waals surface area contributed by atoms with Crippen LogP contribution < -0.4 is 11.5 Å². The van der Waals surface area contributed by atoms with E-state index in [-0.39, 0.29) is 11.8 Å². The predicted molar refractivity (Wildman–Crippen MR) is 66.1 cm³/mol. The van der Waals surface area contributed by atoms with Crippen LogP contribution in [0.3, 0.4) is 0 Å². The lowest BCUT2D eigenvalue weighted by atomic mass is 10.3. The molecule has 0 unspecified atom stereocenters. The molecule has 8 nitrogen and oxygen atoms in total. The van der Waals surface area contributed by atoms with Gasteiger partial charge in [-0.15, -0.1) is 0 Å². The predicted octanol–water partition coefficient (Wildman–Crippen LogP) is -0.0266. The Morgan fingerprint density at radius 2 is 2.00 bits per heavy atom. The lowest BCUT2D eigenvalue weighted by molar-refractivity contribution is 0.719. The number of fused-ring (bicyclic) bond motifs is 1. The average Bonchev–Trinajstić information content (AvgIpc) is 2.87. The highest BCUT2D eigenvalue weighted by molar-refractivity contribution is 5.69. The van der Waals surface area contributed by atoms with Crippen molar-refractivity contribution in [2.45, 2.75) is 6.92 Å². The Morgan fingerprint density at radius 3 is 2.67 bits per heavy atom. The van der Waals surface area contributed by atoms with Crippen LogP contribution in [0.15, 0.2) is 12.4 Å². The van der Waals surface area contributed by atoms with E-state index in [2.05, 4.69) is 20.1 Å². The summed E-state index contributed by atoms with van der Waals surface area (Å²) in [7, 11) is 1.83. The highest BCUT2D eigenvalue weighted by Crippen LogP contribution is 2.28. The van der Waals surface area contributed by atoms with Crippen molar-refractivity contribution in [3.63, 3.8) is 0 Å². The van der Waals surface area contributed by atoms with Gasteiger partial charge < -0.3 is 11.5 Å². The zero-order valence-corrected chi connectivity index (χ0v) is 9.99. The summed E-state index contributed by atoms with van der Waals surface area (Å²) in [6, 6.07) is 1.89. The van der Waals surface area contributed by atoms with Crippen molar-refractivity contribution in [2.75, 3.05) is 11.5 Å². The third kappa shape index (κ3) is 1.32. The summed E-state index contributed by atoms with van der Waals surface area (Å²) in [4.78, 5) is 12.3. The minimum atomic E-state index is 0.253. The minimum Gasteiger partial charge on any atom is -0.382 e. The Morgan fingerprint density at radius 1 is 1.22 bits per heavy atom. The highest BCUT2D eigenvalue weighted by Gasteiger charge is 2.21. The molecule has 1 aromatic heterocycles. The second-order valence-electron chi connectivity index (χ2n) is 4.00. The van der Waals surface area contributed by atoms with Crippen LogP contribution in [0.4, 0.5) is 11.8 Å². The van der Waals surface area contributed by atoms with E-state index in [0.29, 0.717) is 11.5 Å². The molecule has 0 atom stereocenters. The van der Waals surface area contributed by atoms with Crippen molar-refractivity contribution >= 4 is 11.8 Å². The lowest BCUT2D eigenvalue weighted by Crippen LogP contribution is -2.15. The molecule has 92 valence electrons. The van der Waals surface area contributed by atoms with Crippen LogP contribution in [-0.4, -0.2) is 29.3 Å². The number of nitrogen functional groups attached to an aromatic ring is 2. The first-order valence-corrected chi connectivity index (χ1v) is 5.33. The molecule has 1 aromatic rings. The highest BCUT2D eigenvalue weighted by atomic mass is 15.4. The van der Waals surface area contributed by atoms with Gasteiger partial charge in [0.25, 0.3) is 0 Å². The molecule has 2 aliphatic heterocycles. The summed E-state index contributed by atoms with van der Waals surface area (Å²) >= 11 is 0. The van der Waals surface area contributed by atoms with Gasteiger partial charge in [-0.3, -0.25) is 4.68 Å². The number of rotatable bonds is 1. The number of anilines is 2. The fourth-order valence-corrected chi connectivity index (χ4v) is 1.97. The summed E-state index contributed by atoms with van der Waals surface area (Å²) < 4.78 is 3.39. The largest absolute Gasteiger partial charge is 0.382 e. The standard InChI is InChI=1S/C10H12N8/c1-5-3-6(17(2)16-5)18-9-7(13-4-14-9)8(11)15-10(18)12/h3-4H,11H2,1-2H3,(H2,12,15). The van der Waals surface area contributed by atoms with E-state index in [1.165, 1.54) is 6.33 Å². The van der Waals surface area contributed by atoms with Crippen LogP contribution in [0.25, 0.3) is 17.3 Å². The van der Waals surface area contributed by atoms with Gasteiger partial charge in [-0.25, -0.2) is 14.5 Å². The molecule has 0 aliphatic carbocycles. The molecule has 2 aliphatic rings. The molecule has 0 radical (unpaired) electrons. The normalized spacial score (nSPS) is 11.2. The second kappa shape index (κ2) is 3.42. The first kappa shape index (κ1) is 10.5. The summed E-state index contributed by atoms with van der Waals surface area (Å²) in [5.41, 5.74) is 13.1. The Labute approximate surface area is 103 Å². The topological polar surface area (TPSA) is 113 Å². The zero-order chi connectivity index (χ0) is 12.9. The molecule has 18 heavy (non-hydrogen) atoms. The number of nitrogens with zero attached hydrogens (tertiary/aromatic N) is 6. The number of aromatic nitrogens is 6. The summed E-state index contributed by atoms with van der Waals surface area (Å²) in [5, 5.41) is 4.28. The molecule has 0 spiro atoms. The molecular weight excluding hydrogens is 232 g/mol. The average molecular weight is 244 g/mol. The Kier molecular flexibility index (Phi) is 2.00. The fourth-order valence-electron chi connectivity index (χ4n) is 1.97. The third-order valence-corrected chi connectivity index (χ3v) is 2.70. The number of imidazole rings is 1. The maximum absolute atomic E-state index is 5.92. The summed E-state index contributed by atoms with van der Waals surface area (Å²) in [5.74, 6) is 1.87. The van der Waals surface area contributed by atoms with Gasteiger partial charge in [-0.05, 0) is 6.92 Å². The van der Waals surface area contributed by atoms with Gasteiger partial charge in [0.05, 0.1) is 5.69 Å². The van der Waals surface area contributed by atoms with Gasteiger partial charge in [0, 0.05) is 13.1 Å². The maximum atomic E-state index is 5.92. The van der Waals surface area contributed by atoms with E-state index in [1.54, 1.807) is 9.25 Å². The minimum absolute atomic E-state index is 0.253. The van der Waals surface area contributed by atoms with Crippen molar-refractivity contribution in [3.8, 4) is 17.3 Å². The van der Waals surface area contributed by atoms with Gasteiger partial charge in [0.2, 0.25) is 5.95 Å². The molecule has 0 saturated carbocycles. The molecule has 4 N–H and O–H groups in total. The number of nitrogens with two attached hydrogens (primary N) is 2. The van der Waals surface area contributed by atoms with Crippen LogP contribution in [0.1, 0.15) is 5.69 Å². The van der Waals surface area contributed by atoms with Gasteiger partial charge in [0.15, 0.2) is 17.3 Å². The van der Waals surface area contributed by atoms with Gasteiger partial charge in [-0.1, -0.05) is 0 Å². The fraction of sp³-hybridized carbons (Fsp3) is 0.200. The summed E-state index contributed by atoms with van der Waals surface area (Å²) in [6.45, 7) is 1.90. The van der Waals surface area contributed by atoms with Crippen LogP contribution in [0.5, 0.6) is 0 Å². The molecule has 8 heteroatoms. The first-order chi connectivity index (χ1) is 8.58. The van der Waals surface area contributed by atoms with Crippen LogP contribution >= 0.6 is 0 Å². The molecule has 0 amide bonds. The SMILES string of the molecule is Cc1cc(-n2c(N)nc(N)c3ncnc2-3)n(C)n1. The lowest BCUT2D eigenvalue weighted by Gasteiger charge is -2.14.